The van der Waals surface area contributed by atoms with Crippen LogP contribution in [0.1, 0.15) is 24.8 Å². The maximum absolute atomic E-state index is 12.2. The van der Waals surface area contributed by atoms with Gasteiger partial charge in [-0.25, -0.2) is 0 Å². The van der Waals surface area contributed by atoms with E-state index in [4.69, 9.17) is 9.52 Å². The van der Waals surface area contributed by atoms with Crippen LogP contribution in [0.3, 0.4) is 0 Å². The smallest absolute Gasteiger partial charge is 0.303 e. The Hall–Kier alpha value is -3.85. The van der Waals surface area contributed by atoms with E-state index in [9.17, 15) is 14.9 Å². The van der Waals surface area contributed by atoms with Gasteiger partial charge in [-0.1, -0.05) is 60.7 Å². The van der Waals surface area contributed by atoms with Crippen molar-refractivity contribution in [2.75, 3.05) is 5.32 Å². The van der Waals surface area contributed by atoms with Gasteiger partial charge in [-0.05, 0) is 12.0 Å². The zero-order chi connectivity index (χ0) is 19.9. The molecule has 0 radical (unpaired) electrons. The second kappa shape index (κ2) is 8.69. The quantitative estimate of drug-likeness (QED) is 0.625. The number of carboxylic acids is 1. The van der Waals surface area contributed by atoms with Crippen molar-refractivity contribution < 1.29 is 19.1 Å². The van der Waals surface area contributed by atoms with Crippen molar-refractivity contribution in [3.05, 3.63) is 66.2 Å². The van der Waals surface area contributed by atoms with Crippen LogP contribution in [0.2, 0.25) is 0 Å². The Morgan fingerprint density at radius 1 is 0.964 bits per heavy atom. The second-order valence-corrected chi connectivity index (χ2v) is 6.15. The third-order valence-electron chi connectivity index (χ3n) is 4.17. The first kappa shape index (κ1) is 18.9. The van der Waals surface area contributed by atoms with Gasteiger partial charge in [-0.15, -0.1) is 0 Å². The van der Waals surface area contributed by atoms with Crippen molar-refractivity contribution in [2.24, 2.45) is 0 Å². The van der Waals surface area contributed by atoms with E-state index in [2.05, 4.69) is 11.4 Å². The van der Waals surface area contributed by atoms with Gasteiger partial charge in [0.2, 0.25) is 11.8 Å². The highest BCUT2D eigenvalue weighted by Gasteiger charge is 2.24. The largest absolute Gasteiger partial charge is 0.481 e. The van der Waals surface area contributed by atoms with Gasteiger partial charge in [0, 0.05) is 24.0 Å². The molecular weight excluding hydrogens is 356 g/mol. The lowest BCUT2D eigenvalue weighted by atomic mass is 9.98. The van der Waals surface area contributed by atoms with Crippen molar-refractivity contribution in [3.63, 3.8) is 0 Å². The van der Waals surface area contributed by atoms with Crippen LogP contribution in [-0.4, -0.2) is 17.0 Å². The first-order valence-electron chi connectivity index (χ1n) is 8.79. The molecule has 0 spiro atoms. The lowest BCUT2D eigenvalue weighted by Crippen LogP contribution is -2.12. The summed E-state index contributed by atoms with van der Waals surface area (Å²) in [5, 5.41) is 21.1. The van der Waals surface area contributed by atoms with E-state index in [1.165, 1.54) is 0 Å². The Morgan fingerprint density at radius 3 is 2.14 bits per heavy atom. The maximum Gasteiger partial charge on any atom is 0.303 e. The Bertz CT molecular complexity index is 1020. The predicted octanol–water partition coefficient (Wildman–Crippen LogP) is 4.68. The van der Waals surface area contributed by atoms with E-state index in [0.717, 1.165) is 11.1 Å². The average Bonchev–Trinajstić information content (AvgIpc) is 3.07. The minimum absolute atomic E-state index is 0.0270. The predicted molar refractivity (Wildman–Crippen MR) is 104 cm³/mol. The van der Waals surface area contributed by atoms with Crippen molar-refractivity contribution in [1.82, 2.24) is 0 Å². The molecule has 140 valence electrons. The topological polar surface area (TPSA) is 103 Å². The minimum atomic E-state index is -0.957. The molecule has 1 amide bonds. The van der Waals surface area contributed by atoms with Gasteiger partial charge in [0.15, 0.2) is 0 Å². The number of benzene rings is 2. The van der Waals surface area contributed by atoms with Crippen LogP contribution in [0.25, 0.3) is 22.5 Å². The lowest BCUT2D eigenvalue weighted by Gasteiger charge is -2.03. The minimum Gasteiger partial charge on any atom is -0.481 e. The summed E-state index contributed by atoms with van der Waals surface area (Å²) in [4.78, 5) is 22.8. The highest BCUT2D eigenvalue weighted by molar-refractivity contribution is 5.95. The number of nitrogens with one attached hydrogen (secondary N) is 1. The standard InChI is InChI=1S/C22H18N2O4/c23-14-17-20(15-8-3-1-4-9-15)21(16-10-5-2-6-11-16)28-22(17)24-18(25)12-7-13-19(26)27/h1-6,8-11H,7,12-13H2,(H,24,25)(H,26,27). The summed E-state index contributed by atoms with van der Waals surface area (Å²) < 4.78 is 5.90. The number of carbonyl (C=O) groups is 2. The molecule has 3 aromatic rings. The molecular formula is C22H18N2O4. The summed E-state index contributed by atoms with van der Waals surface area (Å²) in [6, 6.07) is 20.8. The number of carboxylic acid groups (broad SMARTS) is 1. The SMILES string of the molecule is N#Cc1c(NC(=O)CCCC(=O)O)oc(-c2ccccc2)c1-c1ccccc1. The van der Waals surface area contributed by atoms with Gasteiger partial charge in [0.1, 0.15) is 17.4 Å². The monoisotopic (exact) mass is 374 g/mol. The number of hydrogen-bond acceptors (Lipinski definition) is 4. The van der Waals surface area contributed by atoms with Crippen LogP contribution < -0.4 is 5.32 Å². The molecule has 6 heteroatoms. The molecule has 0 saturated carbocycles. The molecule has 0 fully saturated rings. The number of anilines is 1. The van der Waals surface area contributed by atoms with E-state index in [0.29, 0.717) is 11.3 Å². The molecule has 1 aromatic heterocycles. The van der Waals surface area contributed by atoms with E-state index >= 15 is 0 Å². The molecule has 28 heavy (non-hydrogen) atoms. The van der Waals surface area contributed by atoms with Gasteiger partial charge >= 0.3 is 5.97 Å². The summed E-state index contributed by atoms with van der Waals surface area (Å²) in [5.41, 5.74) is 2.42. The summed E-state index contributed by atoms with van der Waals surface area (Å²) in [5.74, 6) is -0.795. The molecule has 0 aliphatic heterocycles. The number of carbonyl (C=O) groups excluding carboxylic acids is 1. The number of rotatable bonds is 7. The molecule has 0 aliphatic carbocycles. The highest BCUT2D eigenvalue weighted by Crippen LogP contribution is 2.41. The molecule has 0 bridgehead atoms. The fourth-order valence-electron chi connectivity index (χ4n) is 2.89. The molecule has 1 heterocycles. The van der Waals surface area contributed by atoms with Crippen LogP contribution >= 0.6 is 0 Å². The van der Waals surface area contributed by atoms with Gasteiger partial charge in [-0.2, -0.15) is 5.26 Å². The van der Waals surface area contributed by atoms with Crippen LogP contribution in [0.5, 0.6) is 0 Å². The van der Waals surface area contributed by atoms with E-state index < -0.39 is 11.9 Å². The van der Waals surface area contributed by atoms with Crippen LogP contribution in [-0.2, 0) is 9.59 Å². The molecule has 2 N–H and O–H groups in total. The van der Waals surface area contributed by atoms with E-state index in [-0.39, 0.29) is 30.7 Å². The van der Waals surface area contributed by atoms with Gasteiger partial charge in [0.05, 0.1) is 0 Å². The van der Waals surface area contributed by atoms with Crippen LogP contribution in [0.4, 0.5) is 5.88 Å². The Balaban J connectivity index is 2.00. The van der Waals surface area contributed by atoms with Crippen molar-refractivity contribution in [1.29, 1.82) is 5.26 Å². The number of hydrogen-bond donors (Lipinski definition) is 2. The molecule has 6 nitrogen and oxygen atoms in total. The molecule has 0 aliphatic rings. The summed E-state index contributed by atoms with van der Waals surface area (Å²) in [7, 11) is 0. The van der Waals surface area contributed by atoms with E-state index in [1.54, 1.807) is 0 Å². The van der Waals surface area contributed by atoms with E-state index in [1.807, 2.05) is 60.7 Å². The molecule has 3 rings (SSSR count). The third-order valence-corrected chi connectivity index (χ3v) is 4.17. The molecule has 0 unspecified atom stereocenters. The van der Waals surface area contributed by atoms with Gasteiger partial charge in [-0.3, -0.25) is 14.9 Å². The lowest BCUT2D eigenvalue weighted by molar-refractivity contribution is -0.137. The van der Waals surface area contributed by atoms with Crippen molar-refractivity contribution in [2.45, 2.75) is 19.3 Å². The summed E-state index contributed by atoms with van der Waals surface area (Å²) >= 11 is 0. The Labute approximate surface area is 162 Å². The number of amides is 1. The second-order valence-electron chi connectivity index (χ2n) is 6.15. The normalized spacial score (nSPS) is 10.2. The molecule has 0 saturated heterocycles. The van der Waals surface area contributed by atoms with Crippen LogP contribution in [0.15, 0.2) is 65.1 Å². The molecule has 0 atom stereocenters. The zero-order valence-electron chi connectivity index (χ0n) is 15.0. The Morgan fingerprint density at radius 2 is 1.57 bits per heavy atom. The number of nitriles is 1. The van der Waals surface area contributed by atoms with Crippen molar-refractivity contribution in [3.8, 4) is 28.5 Å². The fourth-order valence-corrected chi connectivity index (χ4v) is 2.89. The first-order valence-corrected chi connectivity index (χ1v) is 8.79. The number of furan rings is 1. The fraction of sp³-hybridized carbons (Fsp3) is 0.136. The van der Waals surface area contributed by atoms with Crippen molar-refractivity contribution >= 4 is 17.8 Å². The summed E-state index contributed by atoms with van der Waals surface area (Å²) in [6.07, 6.45) is 0.140. The zero-order valence-corrected chi connectivity index (χ0v) is 15.0. The average molecular weight is 374 g/mol. The van der Waals surface area contributed by atoms with Gasteiger partial charge < -0.3 is 9.52 Å². The highest BCUT2D eigenvalue weighted by atomic mass is 16.4. The van der Waals surface area contributed by atoms with Gasteiger partial charge in [0.25, 0.3) is 0 Å². The third kappa shape index (κ3) is 4.27. The Kier molecular flexibility index (Phi) is 5.87. The van der Waals surface area contributed by atoms with Crippen LogP contribution in [0, 0.1) is 11.3 Å². The summed E-state index contributed by atoms with van der Waals surface area (Å²) in [6.45, 7) is 0. The number of aliphatic carboxylic acids is 1. The molecule has 2 aromatic carbocycles. The number of nitrogens with zero attached hydrogens (tertiary/aromatic N) is 1. The maximum atomic E-state index is 12.2. The first-order chi connectivity index (χ1) is 13.6.